The number of piperidine rings is 1. The molecule has 0 aromatic rings. The molecule has 0 bridgehead atoms. The Morgan fingerprint density at radius 1 is 1.25 bits per heavy atom. The Bertz CT molecular complexity index is 437. The van der Waals surface area contributed by atoms with Crippen LogP contribution in [0.2, 0.25) is 0 Å². The Kier molecular flexibility index (Phi) is 5.26. The van der Waals surface area contributed by atoms with Crippen molar-refractivity contribution < 1.29 is 8.42 Å². The average molecular weight is 302 g/mol. The molecule has 1 aliphatic carbocycles. The van der Waals surface area contributed by atoms with Crippen molar-refractivity contribution in [3.63, 3.8) is 0 Å². The Morgan fingerprint density at radius 2 is 1.90 bits per heavy atom. The molecule has 1 saturated heterocycles. The summed E-state index contributed by atoms with van der Waals surface area (Å²) < 4.78 is 24.5. The van der Waals surface area contributed by atoms with E-state index >= 15 is 0 Å². The van der Waals surface area contributed by atoms with E-state index in [2.05, 4.69) is 22.5 Å². The van der Waals surface area contributed by atoms with Crippen LogP contribution in [-0.4, -0.2) is 57.2 Å². The van der Waals surface area contributed by atoms with Crippen molar-refractivity contribution in [3.05, 3.63) is 0 Å². The number of rotatable bonds is 5. The highest BCUT2D eigenvalue weighted by Gasteiger charge is 2.25. The van der Waals surface area contributed by atoms with E-state index in [0.717, 1.165) is 31.9 Å². The van der Waals surface area contributed by atoms with Crippen LogP contribution in [0.4, 0.5) is 0 Å². The molecule has 2 rings (SSSR count). The van der Waals surface area contributed by atoms with Gasteiger partial charge in [0.05, 0.1) is 6.26 Å². The maximum atomic E-state index is 11.5. The van der Waals surface area contributed by atoms with Crippen LogP contribution in [-0.2, 0) is 10.0 Å². The first-order chi connectivity index (χ1) is 9.49. The quantitative estimate of drug-likeness (QED) is 0.569. The summed E-state index contributed by atoms with van der Waals surface area (Å²) in [6.07, 6.45) is 5.56. The van der Waals surface area contributed by atoms with Gasteiger partial charge in [0, 0.05) is 32.2 Å². The molecule has 1 saturated carbocycles. The third-order valence-electron chi connectivity index (χ3n) is 3.81. The molecule has 2 aliphatic rings. The third kappa shape index (κ3) is 4.94. The standard InChI is InChI=1S/C13H26N4O2S/c1-3-14-13(16-12-4-5-12)15-10-11-6-8-17(9-7-11)20(2,18)19/h11-12H,3-10H2,1-2H3,(H2,14,15,16). The minimum Gasteiger partial charge on any atom is -0.357 e. The molecule has 1 aliphatic heterocycles. The molecule has 0 atom stereocenters. The molecule has 0 aromatic carbocycles. The topological polar surface area (TPSA) is 73.8 Å². The van der Waals surface area contributed by atoms with Crippen LogP contribution in [0.5, 0.6) is 0 Å². The minimum atomic E-state index is -3.02. The van der Waals surface area contributed by atoms with E-state index in [1.54, 1.807) is 4.31 Å². The molecule has 20 heavy (non-hydrogen) atoms. The molecule has 0 aromatic heterocycles. The summed E-state index contributed by atoms with van der Waals surface area (Å²) in [5, 5.41) is 6.66. The number of hydrogen-bond donors (Lipinski definition) is 2. The van der Waals surface area contributed by atoms with E-state index in [1.807, 2.05) is 0 Å². The zero-order chi connectivity index (χ0) is 14.6. The van der Waals surface area contributed by atoms with Crippen molar-refractivity contribution in [3.8, 4) is 0 Å². The number of hydrogen-bond acceptors (Lipinski definition) is 3. The summed E-state index contributed by atoms with van der Waals surface area (Å²) in [6, 6.07) is 0.597. The summed E-state index contributed by atoms with van der Waals surface area (Å²) in [5.41, 5.74) is 0. The van der Waals surface area contributed by atoms with Crippen LogP contribution >= 0.6 is 0 Å². The van der Waals surface area contributed by atoms with Gasteiger partial charge in [-0.05, 0) is 38.5 Å². The molecule has 116 valence electrons. The van der Waals surface area contributed by atoms with Crippen LogP contribution in [0, 0.1) is 5.92 Å². The van der Waals surface area contributed by atoms with Crippen molar-refractivity contribution in [2.24, 2.45) is 10.9 Å². The molecule has 6 nitrogen and oxygen atoms in total. The number of sulfonamides is 1. The van der Waals surface area contributed by atoms with Gasteiger partial charge < -0.3 is 10.6 Å². The summed E-state index contributed by atoms with van der Waals surface area (Å²) in [4.78, 5) is 4.63. The number of nitrogens with zero attached hydrogens (tertiary/aromatic N) is 2. The van der Waals surface area contributed by atoms with E-state index in [-0.39, 0.29) is 0 Å². The lowest BCUT2D eigenvalue weighted by atomic mass is 9.98. The average Bonchev–Trinajstić information content (AvgIpc) is 3.20. The van der Waals surface area contributed by atoms with Crippen LogP contribution < -0.4 is 10.6 Å². The maximum absolute atomic E-state index is 11.5. The molecule has 7 heteroatoms. The van der Waals surface area contributed by atoms with Crippen molar-refractivity contribution in [1.29, 1.82) is 0 Å². The zero-order valence-electron chi connectivity index (χ0n) is 12.4. The van der Waals surface area contributed by atoms with E-state index in [9.17, 15) is 8.42 Å². The molecule has 0 radical (unpaired) electrons. The lowest BCUT2D eigenvalue weighted by Crippen LogP contribution is -2.40. The fourth-order valence-electron chi connectivity index (χ4n) is 2.38. The first kappa shape index (κ1) is 15.6. The van der Waals surface area contributed by atoms with Gasteiger partial charge >= 0.3 is 0 Å². The highest BCUT2D eigenvalue weighted by Crippen LogP contribution is 2.20. The summed E-state index contributed by atoms with van der Waals surface area (Å²) in [5.74, 6) is 1.39. The van der Waals surface area contributed by atoms with Gasteiger partial charge in [-0.2, -0.15) is 0 Å². The van der Waals surface area contributed by atoms with Crippen molar-refractivity contribution in [2.75, 3.05) is 32.4 Å². The van der Waals surface area contributed by atoms with Gasteiger partial charge in [-0.25, -0.2) is 12.7 Å². The Balaban J connectivity index is 1.78. The molecule has 2 fully saturated rings. The largest absolute Gasteiger partial charge is 0.357 e. The Hall–Kier alpha value is -0.820. The lowest BCUT2D eigenvalue weighted by Gasteiger charge is -2.29. The second-order valence-electron chi connectivity index (χ2n) is 5.74. The summed E-state index contributed by atoms with van der Waals surface area (Å²) in [6.45, 7) is 4.97. The molecule has 2 N–H and O–H groups in total. The SMILES string of the molecule is CCNC(=NCC1CCN(S(C)(=O)=O)CC1)NC1CC1. The number of aliphatic imine (C=N–C) groups is 1. The van der Waals surface area contributed by atoms with Gasteiger partial charge in [-0.3, -0.25) is 4.99 Å². The molecule has 0 unspecified atom stereocenters. The van der Waals surface area contributed by atoms with E-state index in [0.29, 0.717) is 25.0 Å². The first-order valence-corrected chi connectivity index (χ1v) is 9.34. The van der Waals surface area contributed by atoms with E-state index in [4.69, 9.17) is 0 Å². The first-order valence-electron chi connectivity index (χ1n) is 7.49. The van der Waals surface area contributed by atoms with Crippen LogP contribution in [0.25, 0.3) is 0 Å². The normalized spacial score (nSPS) is 22.8. The highest BCUT2D eigenvalue weighted by atomic mass is 32.2. The molecule has 1 heterocycles. The molecule has 0 amide bonds. The predicted octanol–water partition coefficient (Wildman–Crippen LogP) is 0.376. The van der Waals surface area contributed by atoms with Gasteiger partial charge in [-0.1, -0.05) is 0 Å². The fraction of sp³-hybridized carbons (Fsp3) is 0.923. The molecule has 0 spiro atoms. The van der Waals surface area contributed by atoms with Crippen molar-refractivity contribution >= 4 is 16.0 Å². The third-order valence-corrected chi connectivity index (χ3v) is 5.12. The van der Waals surface area contributed by atoms with Gasteiger partial charge in [0.15, 0.2) is 5.96 Å². The van der Waals surface area contributed by atoms with Crippen molar-refractivity contribution in [2.45, 2.75) is 38.6 Å². The van der Waals surface area contributed by atoms with Crippen LogP contribution in [0.3, 0.4) is 0 Å². The van der Waals surface area contributed by atoms with Gasteiger partial charge in [0.2, 0.25) is 10.0 Å². The summed E-state index contributed by atoms with van der Waals surface area (Å²) >= 11 is 0. The smallest absolute Gasteiger partial charge is 0.211 e. The number of guanidine groups is 1. The monoisotopic (exact) mass is 302 g/mol. The van der Waals surface area contributed by atoms with Gasteiger partial charge in [-0.15, -0.1) is 0 Å². The molecular formula is C13H26N4O2S. The number of nitrogens with one attached hydrogen (secondary N) is 2. The van der Waals surface area contributed by atoms with E-state index in [1.165, 1.54) is 19.1 Å². The van der Waals surface area contributed by atoms with Gasteiger partial charge in [0.1, 0.15) is 0 Å². The molecular weight excluding hydrogens is 276 g/mol. The minimum absolute atomic E-state index is 0.489. The fourth-order valence-corrected chi connectivity index (χ4v) is 3.26. The second kappa shape index (κ2) is 6.76. The van der Waals surface area contributed by atoms with Crippen LogP contribution in [0.1, 0.15) is 32.6 Å². The van der Waals surface area contributed by atoms with Crippen LogP contribution in [0.15, 0.2) is 4.99 Å². The zero-order valence-corrected chi connectivity index (χ0v) is 13.2. The predicted molar refractivity (Wildman–Crippen MR) is 81.3 cm³/mol. The Morgan fingerprint density at radius 3 is 2.40 bits per heavy atom. The van der Waals surface area contributed by atoms with Gasteiger partial charge in [0.25, 0.3) is 0 Å². The maximum Gasteiger partial charge on any atom is 0.211 e. The van der Waals surface area contributed by atoms with Crippen molar-refractivity contribution in [1.82, 2.24) is 14.9 Å². The Labute approximate surface area is 122 Å². The second-order valence-corrected chi connectivity index (χ2v) is 7.73. The lowest BCUT2D eigenvalue weighted by molar-refractivity contribution is 0.280. The highest BCUT2D eigenvalue weighted by molar-refractivity contribution is 7.88. The summed E-state index contributed by atoms with van der Waals surface area (Å²) in [7, 11) is -3.02. The van der Waals surface area contributed by atoms with E-state index < -0.39 is 10.0 Å².